The van der Waals surface area contributed by atoms with Crippen LogP contribution in [0, 0.1) is 5.41 Å². The van der Waals surface area contributed by atoms with E-state index in [1.807, 2.05) is 84.0 Å². The Balaban J connectivity index is 1.21. The molecule has 4 amide bonds. The Hall–Kier alpha value is -6.24. The minimum Gasteiger partial charge on any atom is -0.497 e. The number of anilines is 4. The normalized spacial score (nSPS) is 21.0. The van der Waals surface area contributed by atoms with E-state index in [2.05, 4.69) is 90.2 Å². The van der Waals surface area contributed by atoms with Crippen molar-refractivity contribution in [1.82, 2.24) is 9.80 Å². The third kappa shape index (κ3) is 10.5. The first-order valence-electron chi connectivity index (χ1n) is 23.7. The van der Waals surface area contributed by atoms with Crippen LogP contribution in [-0.2, 0) is 26.3 Å². The fourth-order valence-electron chi connectivity index (χ4n) is 10.2. The number of carbonyl (C=O) groups excluding carboxylic acids is 3. The topological polar surface area (TPSA) is 153 Å². The van der Waals surface area contributed by atoms with Crippen molar-refractivity contribution in [3.05, 3.63) is 113 Å². The number of nitrogens with one attached hydrogen (secondary N) is 3. The average Bonchev–Trinajstić information content (AvgIpc) is 4.06. The number of carboxylic acid groups (broad SMARTS) is 1. The van der Waals surface area contributed by atoms with Crippen molar-refractivity contribution < 1.29 is 33.8 Å². The Kier molecular flexibility index (Phi) is 13.9. The molecule has 358 valence electrons. The van der Waals surface area contributed by atoms with Gasteiger partial charge in [-0.2, -0.15) is 0 Å². The third-order valence-electron chi connectivity index (χ3n) is 13.7. The van der Waals surface area contributed by atoms with Gasteiger partial charge in [-0.25, -0.2) is 9.59 Å². The summed E-state index contributed by atoms with van der Waals surface area (Å²) in [5, 5.41) is 20.0. The fourth-order valence-corrected chi connectivity index (χ4v) is 10.2. The second kappa shape index (κ2) is 19.2. The number of ether oxygens (including phenoxy) is 2. The molecule has 3 aliphatic heterocycles. The van der Waals surface area contributed by atoms with Crippen LogP contribution in [0.15, 0.2) is 91.0 Å². The summed E-state index contributed by atoms with van der Waals surface area (Å²) in [4.78, 5) is 59.4. The summed E-state index contributed by atoms with van der Waals surface area (Å²) in [5.74, 6) is 0.185. The van der Waals surface area contributed by atoms with E-state index < -0.39 is 34.8 Å². The highest BCUT2D eigenvalue weighted by Gasteiger charge is 2.57. The van der Waals surface area contributed by atoms with Crippen LogP contribution in [0.25, 0.3) is 0 Å². The van der Waals surface area contributed by atoms with Crippen molar-refractivity contribution in [1.29, 1.82) is 0 Å². The zero-order chi connectivity index (χ0) is 48.5. The van der Waals surface area contributed by atoms with Gasteiger partial charge in [0.2, 0.25) is 5.91 Å². The predicted molar refractivity (Wildman–Crippen MR) is 265 cm³/mol. The summed E-state index contributed by atoms with van der Waals surface area (Å²) in [5.41, 5.74) is 4.86. The number of rotatable bonds is 11. The van der Waals surface area contributed by atoms with E-state index in [0.717, 1.165) is 46.7 Å². The molecule has 3 heterocycles. The monoisotopic (exact) mass is 915 g/mol. The predicted octanol–water partition coefficient (Wildman–Crippen LogP) is 11.5. The van der Waals surface area contributed by atoms with Crippen LogP contribution < -0.4 is 25.6 Å². The quantitative estimate of drug-likeness (QED) is 0.115. The van der Waals surface area contributed by atoms with E-state index in [1.165, 1.54) is 15.4 Å². The summed E-state index contributed by atoms with van der Waals surface area (Å²) in [6, 6.07) is 30.0. The van der Waals surface area contributed by atoms with E-state index in [9.17, 15) is 24.3 Å². The van der Waals surface area contributed by atoms with Gasteiger partial charge < -0.3 is 35.4 Å². The number of methoxy groups -OCH3 is 1. The van der Waals surface area contributed by atoms with Crippen molar-refractivity contribution in [2.75, 3.05) is 41.0 Å². The van der Waals surface area contributed by atoms with E-state index in [1.54, 1.807) is 7.11 Å². The van der Waals surface area contributed by atoms with Crippen LogP contribution in [0.3, 0.4) is 0 Å². The summed E-state index contributed by atoms with van der Waals surface area (Å²) in [6.07, 6.45) is 2.38. The lowest BCUT2D eigenvalue weighted by Gasteiger charge is -2.45. The van der Waals surface area contributed by atoms with Gasteiger partial charge >= 0.3 is 12.2 Å². The highest BCUT2D eigenvalue weighted by atomic mass is 16.6. The molecule has 4 aromatic carbocycles. The first kappa shape index (κ1) is 48.7. The lowest BCUT2D eigenvalue weighted by atomic mass is 9.71. The second-order valence-electron chi connectivity index (χ2n) is 21.4. The summed E-state index contributed by atoms with van der Waals surface area (Å²) >= 11 is 0. The Morgan fingerprint density at radius 1 is 0.731 bits per heavy atom. The van der Waals surface area contributed by atoms with Crippen LogP contribution >= 0.6 is 0 Å². The molecule has 3 saturated heterocycles. The van der Waals surface area contributed by atoms with Gasteiger partial charge in [0.15, 0.2) is 0 Å². The number of nitrogens with zero attached hydrogens (tertiary/aromatic N) is 3. The maximum Gasteiger partial charge on any atom is 0.410 e. The summed E-state index contributed by atoms with van der Waals surface area (Å²) < 4.78 is 11.1. The Labute approximate surface area is 396 Å². The van der Waals surface area contributed by atoms with Crippen molar-refractivity contribution in [3.63, 3.8) is 0 Å². The van der Waals surface area contributed by atoms with Gasteiger partial charge in [-0.3, -0.25) is 19.4 Å². The van der Waals surface area contributed by atoms with Gasteiger partial charge in [0.25, 0.3) is 5.91 Å². The highest BCUT2D eigenvalue weighted by Crippen LogP contribution is 2.49. The Bertz CT molecular complexity index is 2420. The zero-order valence-corrected chi connectivity index (χ0v) is 41.0. The standard InChI is InChI=1S/C54H70N6O7/c1-51(2,3)38-19-23-40(24-20-38)60-44(36-16-21-39(22-17-36)56-48(62)54(52(4,5)6)30-12-32-59(54)49(63)64)28-29-45(60)37-18-27-42(55-34-35-14-25-41(66-10)26-15-35)43(33-37)57-47(61)46-13-11-31-58(46)50(65)67-53(7,8)9/h14-27,33,44-46,55H,11-13,28-32,34H2,1-10H3,(H,56,62)(H,57,61)(H,63,64)/t44?,45?,46?,54-/m1/s1. The molecule has 0 aromatic heterocycles. The number of benzene rings is 4. The van der Waals surface area contributed by atoms with Crippen LogP contribution in [0.1, 0.15) is 135 Å². The highest BCUT2D eigenvalue weighted by molar-refractivity contribution is 6.01. The van der Waals surface area contributed by atoms with Crippen molar-refractivity contribution >= 4 is 46.8 Å². The molecule has 4 N–H and O–H groups in total. The fraction of sp³-hybridized carbons (Fsp3) is 0.481. The van der Waals surface area contributed by atoms with Crippen LogP contribution in [0.4, 0.5) is 32.3 Å². The second-order valence-corrected chi connectivity index (χ2v) is 21.4. The van der Waals surface area contributed by atoms with Crippen LogP contribution in [-0.4, -0.2) is 76.3 Å². The number of amides is 4. The molecule has 67 heavy (non-hydrogen) atoms. The van der Waals surface area contributed by atoms with Gasteiger partial charge in [-0.15, -0.1) is 0 Å². The molecule has 7 rings (SSSR count). The van der Waals surface area contributed by atoms with Gasteiger partial charge in [0.05, 0.1) is 30.6 Å². The van der Waals surface area contributed by atoms with Crippen molar-refractivity contribution in [2.24, 2.45) is 5.41 Å². The van der Waals surface area contributed by atoms with Crippen LogP contribution in [0.5, 0.6) is 5.75 Å². The van der Waals surface area contributed by atoms with E-state index >= 15 is 0 Å². The molecule has 0 bridgehead atoms. The minimum absolute atomic E-state index is 0.0275. The Morgan fingerprint density at radius 2 is 1.37 bits per heavy atom. The summed E-state index contributed by atoms with van der Waals surface area (Å²) in [7, 11) is 1.64. The SMILES string of the molecule is COc1ccc(CNc2ccc(C3CCC(c4ccc(NC(=O)[C@@]5(C(C)(C)C)CCCN5C(=O)O)cc4)N3c3ccc(C(C)(C)C)cc3)cc2NC(=O)C2CCCN2C(=O)OC(C)(C)C)cc1. The molecule has 13 heteroatoms. The Morgan fingerprint density at radius 3 is 1.97 bits per heavy atom. The molecule has 0 saturated carbocycles. The average molecular weight is 915 g/mol. The molecule has 0 spiro atoms. The summed E-state index contributed by atoms with van der Waals surface area (Å²) in [6.45, 7) is 19.1. The number of hydrogen-bond donors (Lipinski definition) is 4. The smallest absolute Gasteiger partial charge is 0.410 e. The maximum atomic E-state index is 14.3. The molecule has 4 aromatic rings. The first-order valence-corrected chi connectivity index (χ1v) is 23.7. The third-order valence-corrected chi connectivity index (χ3v) is 13.7. The van der Waals surface area contributed by atoms with E-state index in [-0.39, 0.29) is 29.3 Å². The van der Waals surface area contributed by atoms with Crippen molar-refractivity contribution in [3.8, 4) is 5.75 Å². The lowest BCUT2D eigenvalue weighted by Crippen LogP contribution is -2.62. The van der Waals surface area contributed by atoms with Gasteiger partial charge in [0.1, 0.15) is 22.9 Å². The molecule has 3 fully saturated rings. The zero-order valence-electron chi connectivity index (χ0n) is 41.0. The number of carbonyl (C=O) groups is 4. The van der Waals surface area contributed by atoms with Crippen LogP contribution in [0.2, 0.25) is 0 Å². The molecular weight excluding hydrogens is 845 g/mol. The van der Waals surface area contributed by atoms with Crippen molar-refractivity contribution in [2.45, 2.75) is 142 Å². The molecule has 4 atom stereocenters. The van der Waals surface area contributed by atoms with Gasteiger partial charge in [0, 0.05) is 31.0 Å². The molecule has 13 nitrogen and oxygen atoms in total. The van der Waals surface area contributed by atoms with E-state index in [4.69, 9.17) is 9.47 Å². The lowest BCUT2D eigenvalue weighted by molar-refractivity contribution is -0.131. The number of hydrogen-bond acceptors (Lipinski definition) is 8. The van der Waals surface area contributed by atoms with Gasteiger partial charge in [-0.05, 0) is 141 Å². The largest absolute Gasteiger partial charge is 0.497 e. The molecule has 0 aliphatic carbocycles. The minimum atomic E-state index is -1.19. The molecular formula is C54H70N6O7. The molecule has 3 aliphatic rings. The number of likely N-dealkylation sites (tertiary alicyclic amines) is 2. The molecule has 3 unspecified atom stereocenters. The first-order chi connectivity index (χ1) is 31.6. The van der Waals surface area contributed by atoms with E-state index in [0.29, 0.717) is 56.7 Å². The molecule has 0 radical (unpaired) electrons. The maximum absolute atomic E-state index is 14.3. The van der Waals surface area contributed by atoms with Gasteiger partial charge in [-0.1, -0.05) is 84.0 Å².